The first-order chi connectivity index (χ1) is 25.4. The number of rotatable bonds is 7. The van der Waals surface area contributed by atoms with Gasteiger partial charge in [-0.25, -0.2) is 9.07 Å². The molecule has 0 bridgehead atoms. The van der Waals surface area contributed by atoms with Gasteiger partial charge in [0, 0.05) is 81.7 Å². The summed E-state index contributed by atoms with van der Waals surface area (Å²) in [7, 11) is 5.12. The van der Waals surface area contributed by atoms with Crippen LogP contribution in [0.1, 0.15) is 78.3 Å². The minimum Gasteiger partial charge on any atom is -0.496 e. The number of likely N-dealkylation sites (tertiary alicyclic amines) is 2. The molecular weight excluding hydrogens is 701 g/mol. The van der Waals surface area contributed by atoms with Gasteiger partial charge >= 0.3 is 0 Å². The molecule has 4 aliphatic heterocycles. The van der Waals surface area contributed by atoms with Crippen molar-refractivity contribution in [1.82, 2.24) is 24.9 Å². The van der Waals surface area contributed by atoms with Crippen LogP contribution in [0.5, 0.6) is 5.75 Å². The molecule has 1 spiro atoms. The van der Waals surface area contributed by atoms with Crippen molar-refractivity contribution in [2.75, 3.05) is 63.6 Å². The Morgan fingerprint density at radius 3 is 2.40 bits per heavy atom. The number of amides is 3. The van der Waals surface area contributed by atoms with Gasteiger partial charge in [0.05, 0.1) is 24.9 Å². The molecule has 3 amide bonds. The predicted molar refractivity (Wildman–Crippen MR) is 200 cm³/mol. The van der Waals surface area contributed by atoms with Crippen LogP contribution in [0.15, 0.2) is 47.4 Å². The number of hydrogen-bond donors (Lipinski definition) is 2. The van der Waals surface area contributed by atoms with Crippen LogP contribution in [0.3, 0.4) is 0 Å². The zero-order valence-electron chi connectivity index (χ0n) is 30.5. The van der Waals surface area contributed by atoms with Gasteiger partial charge < -0.3 is 24.8 Å². The van der Waals surface area contributed by atoms with E-state index in [1.165, 1.54) is 23.4 Å². The summed E-state index contributed by atoms with van der Waals surface area (Å²) in [5.74, 6) is -1.48. The fourth-order valence-electron chi connectivity index (χ4n) is 8.74. The van der Waals surface area contributed by atoms with E-state index in [1.807, 2.05) is 17.0 Å². The number of nitrogens with zero attached hydrogens (tertiary/aromatic N) is 5. The van der Waals surface area contributed by atoms with E-state index in [0.29, 0.717) is 30.1 Å². The fourth-order valence-corrected chi connectivity index (χ4v) is 8.96. The number of benzene rings is 2. The van der Waals surface area contributed by atoms with Crippen molar-refractivity contribution in [2.24, 2.45) is 12.5 Å². The molecule has 53 heavy (non-hydrogen) atoms. The number of methoxy groups -OCH3 is 1. The first-order valence-corrected chi connectivity index (χ1v) is 18.8. The molecule has 4 aliphatic rings. The highest BCUT2D eigenvalue weighted by Gasteiger charge is 2.40. The van der Waals surface area contributed by atoms with E-state index in [0.717, 1.165) is 64.0 Å². The van der Waals surface area contributed by atoms with E-state index in [1.54, 1.807) is 19.3 Å². The first kappa shape index (κ1) is 36.9. The molecule has 1 unspecified atom stereocenters. The third-order valence-corrected chi connectivity index (χ3v) is 12.2. The fraction of sp³-hybridized carbons (Fsp3) is 0.513. The SMILES string of the molecule is COc1cc(N2CCC3(CCN(C(=O)c4ccc([C@H]5C[C@@H](Nc6cnn(C)c(=O)c6Cl)CN(C)C5)cc4)CC3)CC2)cc(F)c1C1CCC(=O)NC1=O. The van der Waals surface area contributed by atoms with Crippen LogP contribution in [0.25, 0.3) is 0 Å². The minimum absolute atomic E-state index is 0.0515. The molecule has 12 nitrogen and oxygen atoms in total. The monoisotopic (exact) mass is 747 g/mol. The summed E-state index contributed by atoms with van der Waals surface area (Å²) in [6, 6.07) is 11.4. The van der Waals surface area contributed by atoms with Gasteiger partial charge in [0.2, 0.25) is 11.8 Å². The summed E-state index contributed by atoms with van der Waals surface area (Å²) in [4.78, 5) is 56.4. The van der Waals surface area contributed by atoms with Crippen LogP contribution in [-0.4, -0.2) is 96.8 Å². The van der Waals surface area contributed by atoms with Crippen molar-refractivity contribution < 1.29 is 23.5 Å². The van der Waals surface area contributed by atoms with E-state index in [2.05, 4.69) is 44.7 Å². The maximum Gasteiger partial charge on any atom is 0.287 e. The molecule has 0 radical (unpaired) electrons. The number of carbonyl (C=O) groups is 3. The molecule has 0 aliphatic carbocycles. The van der Waals surface area contributed by atoms with Gasteiger partial charge in [0.15, 0.2) is 0 Å². The second-order valence-electron chi connectivity index (χ2n) is 15.2. The number of aromatic nitrogens is 2. The number of hydrogen-bond acceptors (Lipinski definition) is 9. The van der Waals surface area contributed by atoms with Gasteiger partial charge in [-0.3, -0.25) is 24.5 Å². The highest BCUT2D eigenvalue weighted by Crippen LogP contribution is 2.44. The number of piperidine rings is 4. The zero-order chi connectivity index (χ0) is 37.4. The molecular formula is C39H47ClFN7O5. The van der Waals surface area contributed by atoms with Crippen LogP contribution in [0, 0.1) is 11.2 Å². The topological polar surface area (TPSA) is 129 Å². The Balaban J connectivity index is 0.929. The summed E-state index contributed by atoms with van der Waals surface area (Å²) in [6.07, 6.45) is 6.59. The van der Waals surface area contributed by atoms with Crippen LogP contribution in [0.4, 0.5) is 15.8 Å². The molecule has 282 valence electrons. The van der Waals surface area contributed by atoms with Gasteiger partial charge in [-0.1, -0.05) is 23.7 Å². The summed E-state index contributed by atoms with van der Waals surface area (Å²) in [5.41, 5.74) is 3.12. The Kier molecular flexibility index (Phi) is 10.5. The standard InChI is InChI=1S/C39H47ClFN7O5/c1-45-22-26(18-27(23-45)43-31-21-42-46(2)38(52)35(31)40)24-4-6-25(7-5-24)37(51)48-16-12-39(13-17-48)10-14-47(15-11-39)28-19-30(41)34(32(20-28)53-3)29-8-9-33(49)44-36(29)50/h4-7,19-21,26-27,29,43H,8-18,22-23H2,1-3H3,(H,44,49,50)/t26-,27+,29?/m0/s1. The Hall–Kier alpha value is -4.49. The summed E-state index contributed by atoms with van der Waals surface area (Å²) >= 11 is 6.32. The number of nitrogens with one attached hydrogen (secondary N) is 2. The van der Waals surface area contributed by atoms with Crippen molar-refractivity contribution in [3.8, 4) is 5.75 Å². The number of aryl methyl sites for hydroxylation is 1. The molecule has 3 aromatic rings. The van der Waals surface area contributed by atoms with Gasteiger partial charge in [0.1, 0.15) is 16.6 Å². The molecule has 14 heteroatoms. The maximum atomic E-state index is 15.5. The summed E-state index contributed by atoms with van der Waals surface area (Å²) < 4.78 is 22.3. The smallest absolute Gasteiger partial charge is 0.287 e. The Morgan fingerprint density at radius 2 is 1.72 bits per heavy atom. The predicted octanol–water partition coefficient (Wildman–Crippen LogP) is 4.52. The molecule has 1 aromatic heterocycles. The Bertz CT molecular complexity index is 1940. The second-order valence-corrected chi connectivity index (χ2v) is 15.6. The van der Waals surface area contributed by atoms with Crippen LogP contribution in [0.2, 0.25) is 5.02 Å². The van der Waals surface area contributed by atoms with Crippen molar-refractivity contribution >= 4 is 40.7 Å². The van der Waals surface area contributed by atoms with Crippen molar-refractivity contribution in [1.29, 1.82) is 0 Å². The summed E-state index contributed by atoms with van der Waals surface area (Å²) in [6.45, 7) is 4.61. The maximum absolute atomic E-state index is 15.5. The van der Waals surface area contributed by atoms with Gasteiger partial charge in [-0.15, -0.1) is 0 Å². The molecule has 0 saturated carbocycles. The zero-order valence-corrected chi connectivity index (χ0v) is 31.3. The van der Waals surface area contributed by atoms with E-state index in [-0.39, 0.29) is 58.2 Å². The third kappa shape index (κ3) is 7.64. The molecule has 4 fully saturated rings. The lowest BCUT2D eigenvalue weighted by Gasteiger charge is -2.47. The highest BCUT2D eigenvalue weighted by molar-refractivity contribution is 6.32. The lowest BCUT2D eigenvalue weighted by atomic mass is 9.71. The van der Waals surface area contributed by atoms with E-state index in [4.69, 9.17) is 16.3 Å². The van der Waals surface area contributed by atoms with Crippen molar-refractivity contribution in [3.63, 3.8) is 0 Å². The number of halogens is 2. The molecule has 3 atom stereocenters. The molecule has 7 rings (SSSR count). The Labute approximate surface area is 313 Å². The third-order valence-electron chi connectivity index (χ3n) is 11.9. The lowest BCUT2D eigenvalue weighted by Crippen LogP contribution is -2.48. The normalized spacial score (nSPS) is 23.5. The second kappa shape index (κ2) is 15.1. The van der Waals surface area contributed by atoms with Gasteiger partial charge in [-0.2, -0.15) is 5.10 Å². The Morgan fingerprint density at radius 1 is 1.02 bits per heavy atom. The van der Waals surface area contributed by atoms with Crippen LogP contribution in [-0.2, 0) is 16.6 Å². The van der Waals surface area contributed by atoms with Gasteiger partial charge in [-0.05, 0) is 80.7 Å². The van der Waals surface area contributed by atoms with E-state index in [9.17, 15) is 19.2 Å². The summed E-state index contributed by atoms with van der Waals surface area (Å²) in [5, 5.41) is 9.98. The van der Waals surface area contributed by atoms with Crippen molar-refractivity contribution in [2.45, 2.75) is 62.8 Å². The number of likely N-dealkylation sites (N-methyl/N-ethyl adjacent to an activating group) is 1. The quantitative estimate of drug-likeness (QED) is 0.336. The molecule has 4 saturated heterocycles. The first-order valence-electron chi connectivity index (χ1n) is 18.5. The highest BCUT2D eigenvalue weighted by atomic mass is 35.5. The average Bonchev–Trinajstić information content (AvgIpc) is 3.15. The van der Waals surface area contributed by atoms with E-state index < -0.39 is 17.6 Å². The minimum atomic E-state index is -0.764. The average molecular weight is 748 g/mol. The number of anilines is 2. The number of ether oxygens (including phenoxy) is 1. The van der Waals surface area contributed by atoms with Crippen LogP contribution < -0.4 is 25.8 Å². The van der Waals surface area contributed by atoms with E-state index >= 15 is 4.39 Å². The number of carbonyl (C=O) groups excluding carboxylic acids is 3. The number of imide groups is 1. The molecule has 5 heterocycles. The molecule has 2 aromatic carbocycles. The molecule has 2 N–H and O–H groups in total. The van der Waals surface area contributed by atoms with Crippen LogP contribution >= 0.6 is 11.6 Å². The lowest BCUT2D eigenvalue weighted by molar-refractivity contribution is -0.134. The van der Waals surface area contributed by atoms with Crippen molar-refractivity contribution in [3.05, 3.63) is 80.5 Å². The van der Waals surface area contributed by atoms with Gasteiger partial charge in [0.25, 0.3) is 11.5 Å². The largest absolute Gasteiger partial charge is 0.496 e.